The van der Waals surface area contributed by atoms with Crippen LogP contribution in [-0.4, -0.2) is 6.79 Å². The van der Waals surface area contributed by atoms with E-state index < -0.39 is 11.3 Å². The van der Waals surface area contributed by atoms with Crippen molar-refractivity contribution in [2.24, 2.45) is 17.1 Å². The molecule has 0 saturated carbocycles. The molecule has 6 heteroatoms. The molecule has 3 aliphatic rings. The van der Waals surface area contributed by atoms with Crippen LogP contribution >= 0.6 is 0 Å². The highest BCUT2D eigenvalue weighted by molar-refractivity contribution is 5.60. The first-order chi connectivity index (χ1) is 12.7. The molecule has 4 rings (SSSR count). The molecule has 0 spiro atoms. The SMILES string of the molecule is N#CC1=C(N)C(C#N)(C#N)C(c2ccc3c(c2)OCO3)C2CCCC=C12. The number of nitriles is 3. The van der Waals surface area contributed by atoms with E-state index in [1.54, 1.807) is 6.07 Å². The van der Waals surface area contributed by atoms with Crippen molar-refractivity contribution in [3.63, 3.8) is 0 Å². The molecular weight excluding hydrogens is 328 g/mol. The Morgan fingerprint density at radius 1 is 1.12 bits per heavy atom. The molecule has 0 aromatic heterocycles. The third kappa shape index (κ3) is 2.01. The van der Waals surface area contributed by atoms with Gasteiger partial charge in [0, 0.05) is 5.92 Å². The second-order valence-electron chi connectivity index (χ2n) is 6.72. The molecular formula is C20H16N4O2. The zero-order chi connectivity index (χ0) is 18.3. The molecule has 1 aliphatic heterocycles. The number of nitrogens with zero attached hydrogens (tertiary/aromatic N) is 3. The van der Waals surface area contributed by atoms with Gasteiger partial charge in [-0.2, -0.15) is 15.8 Å². The molecule has 1 aromatic carbocycles. The van der Waals surface area contributed by atoms with Crippen LogP contribution in [0.25, 0.3) is 0 Å². The van der Waals surface area contributed by atoms with Crippen molar-refractivity contribution in [2.45, 2.75) is 25.2 Å². The van der Waals surface area contributed by atoms with Gasteiger partial charge in [0.15, 0.2) is 16.9 Å². The van der Waals surface area contributed by atoms with Gasteiger partial charge in [-0.3, -0.25) is 0 Å². The van der Waals surface area contributed by atoms with Gasteiger partial charge < -0.3 is 15.2 Å². The predicted octanol–water partition coefficient (Wildman–Crippen LogP) is 3.01. The van der Waals surface area contributed by atoms with Gasteiger partial charge in [-0.15, -0.1) is 0 Å². The Labute approximate surface area is 151 Å². The molecule has 0 radical (unpaired) electrons. The first-order valence-corrected chi connectivity index (χ1v) is 8.49. The van der Waals surface area contributed by atoms with Gasteiger partial charge in [0.1, 0.15) is 6.07 Å². The summed E-state index contributed by atoms with van der Waals surface area (Å²) in [6.45, 7) is 0.153. The molecule has 2 aliphatic carbocycles. The average molecular weight is 344 g/mol. The van der Waals surface area contributed by atoms with Gasteiger partial charge >= 0.3 is 0 Å². The lowest BCUT2D eigenvalue weighted by molar-refractivity contribution is 0.174. The Morgan fingerprint density at radius 2 is 1.88 bits per heavy atom. The Balaban J connectivity index is 1.97. The Kier molecular flexibility index (Phi) is 3.60. The molecule has 0 bridgehead atoms. The van der Waals surface area contributed by atoms with Crippen LogP contribution in [0.2, 0.25) is 0 Å². The minimum absolute atomic E-state index is 0.0528. The lowest BCUT2D eigenvalue weighted by atomic mass is 9.57. The van der Waals surface area contributed by atoms with Gasteiger partial charge in [0.25, 0.3) is 0 Å². The van der Waals surface area contributed by atoms with Crippen LogP contribution in [0.5, 0.6) is 11.5 Å². The summed E-state index contributed by atoms with van der Waals surface area (Å²) < 4.78 is 10.8. The normalized spacial score (nSPS) is 25.3. The highest BCUT2D eigenvalue weighted by Crippen LogP contribution is 2.56. The van der Waals surface area contributed by atoms with E-state index >= 15 is 0 Å². The Hall–Kier alpha value is -3.43. The van der Waals surface area contributed by atoms with Crippen LogP contribution < -0.4 is 15.2 Å². The molecule has 2 unspecified atom stereocenters. The van der Waals surface area contributed by atoms with Crippen LogP contribution in [0.1, 0.15) is 30.7 Å². The summed E-state index contributed by atoms with van der Waals surface area (Å²) in [6.07, 6.45) is 4.64. The van der Waals surface area contributed by atoms with E-state index in [9.17, 15) is 15.8 Å². The quantitative estimate of drug-likeness (QED) is 0.837. The van der Waals surface area contributed by atoms with E-state index in [4.69, 9.17) is 15.2 Å². The fraction of sp³-hybridized carbons (Fsp3) is 0.350. The maximum absolute atomic E-state index is 9.97. The summed E-state index contributed by atoms with van der Waals surface area (Å²) in [5, 5.41) is 29.6. The molecule has 2 atom stereocenters. The second-order valence-corrected chi connectivity index (χ2v) is 6.72. The number of benzene rings is 1. The van der Waals surface area contributed by atoms with Gasteiger partial charge in [-0.25, -0.2) is 0 Å². The molecule has 1 heterocycles. The minimum Gasteiger partial charge on any atom is -0.454 e. The van der Waals surface area contributed by atoms with Crippen molar-refractivity contribution in [3.05, 3.63) is 46.7 Å². The van der Waals surface area contributed by atoms with E-state index in [2.05, 4.69) is 18.2 Å². The monoisotopic (exact) mass is 344 g/mol. The number of fused-ring (bicyclic) bond motifs is 2. The van der Waals surface area contributed by atoms with Crippen molar-refractivity contribution in [3.8, 4) is 29.7 Å². The van der Waals surface area contributed by atoms with Crippen molar-refractivity contribution < 1.29 is 9.47 Å². The molecule has 2 N–H and O–H groups in total. The topological polar surface area (TPSA) is 116 Å². The first kappa shape index (κ1) is 16.1. The second kappa shape index (κ2) is 5.83. The maximum Gasteiger partial charge on any atom is 0.231 e. The molecule has 0 fully saturated rings. The number of nitrogens with two attached hydrogens (primary N) is 1. The number of hydrogen-bond donors (Lipinski definition) is 1. The van der Waals surface area contributed by atoms with E-state index in [1.807, 2.05) is 18.2 Å². The highest BCUT2D eigenvalue weighted by atomic mass is 16.7. The highest BCUT2D eigenvalue weighted by Gasteiger charge is 2.53. The van der Waals surface area contributed by atoms with E-state index in [0.717, 1.165) is 30.4 Å². The largest absolute Gasteiger partial charge is 0.454 e. The van der Waals surface area contributed by atoms with Crippen LogP contribution in [0.3, 0.4) is 0 Å². The molecule has 128 valence electrons. The molecule has 0 saturated heterocycles. The number of allylic oxidation sites excluding steroid dienone is 4. The zero-order valence-electron chi connectivity index (χ0n) is 14.0. The standard InChI is InChI=1S/C20H16N4O2/c21-8-15-13-3-1-2-4-14(13)18(20(9-22,10-23)19(15)24)12-5-6-16-17(7-12)26-11-25-16/h3,5-7,14,18H,1-2,4,11,24H2. The molecule has 26 heavy (non-hydrogen) atoms. The number of rotatable bonds is 1. The van der Waals surface area contributed by atoms with E-state index in [-0.39, 0.29) is 24.0 Å². The van der Waals surface area contributed by atoms with Crippen LogP contribution in [0.15, 0.2) is 41.1 Å². The Bertz CT molecular complexity index is 957. The molecule has 1 aromatic rings. The zero-order valence-corrected chi connectivity index (χ0v) is 14.0. The number of hydrogen-bond acceptors (Lipinski definition) is 6. The van der Waals surface area contributed by atoms with Crippen molar-refractivity contribution in [2.75, 3.05) is 6.79 Å². The van der Waals surface area contributed by atoms with Crippen LogP contribution in [0.4, 0.5) is 0 Å². The van der Waals surface area contributed by atoms with Crippen molar-refractivity contribution in [1.82, 2.24) is 0 Å². The van der Waals surface area contributed by atoms with Gasteiger partial charge in [0.2, 0.25) is 6.79 Å². The summed E-state index contributed by atoms with van der Waals surface area (Å²) in [5.74, 6) is 0.674. The Morgan fingerprint density at radius 3 is 2.62 bits per heavy atom. The summed E-state index contributed by atoms with van der Waals surface area (Å²) in [5.41, 5.74) is 6.67. The average Bonchev–Trinajstić information content (AvgIpc) is 3.15. The van der Waals surface area contributed by atoms with Crippen molar-refractivity contribution in [1.29, 1.82) is 15.8 Å². The lowest BCUT2D eigenvalue weighted by Crippen LogP contribution is -2.42. The van der Waals surface area contributed by atoms with Gasteiger partial charge in [0.05, 0.1) is 23.4 Å². The number of ether oxygens (including phenoxy) is 2. The molecule has 0 amide bonds. The van der Waals surface area contributed by atoms with Crippen molar-refractivity contribution >= 4 is 0 Å². The molecule has 6 nitrogen and oxygen atoms in total. The van der Waals surface area contributed by atoms with E-state index in [0.29, 0.717) is 11.5 Å². The lowest BCUT2D eigenvalue weighted by Gasteiger charge is -2.43. The maximum atomic E-state index is 9.97. The fourth-order valence-electron chi connectivity index (χ4n) is 4.36. The summed E-state index contributed by atoms with van der Waals surface area (Å²) in [6, 6.07) is 11.9. The first-order valence-electron chi connectivity index (χ1n) is 8.49. The predicted molar refractivity (Wildman–Crippen MR) is 91.2 cm³/mol. The fourth-order valence-corrected chi connectivity index (χ4v) is 4.36. The third-order valence-electron chi connectivity index (χ3n) is 5.55. The van der Waals surface area contributed by atoms with Crippen LogP contribution in [0, 0.1) is 45.3 Å². The van der Waals surface area contributed by atoms with Gasteiger partial charge in [-0.05, 0) is 48.4 Å². The van der Waals surface area contributed by atoms with Gasteiger partial charge in [-0.1, -0.05) is 12.1 Å². The summed E-state index contributed by atoms with van der Waals surface area (Å²) >= 11 is 0. The minimum atomic E-state index is -1.59. The van der Waals surface area contributed by atoms with E-state index in [1.165, 1.54) is 0 Å². The third-order valence-corrected chi connectivity index (χ3v) is 5.55. The van der Waals surface area contributed by atoms with Crippen LogP contribution in [-0.2, 0) is 0 Å². The summed E-state index contributed by atoms with van der Waals surface area (Å²) in [4.78, 5) is 0. The summed E-state index contributed by atoms with van der Waals surface area (Å²) in [7, 11) is 0. The smallest absolute Gasteiger partial charge is 0.231 e.